The maximum absolute atomic E-state index is 16.0. The van der Waals surface area contributed by atoms with Crippen LogP contribution in [-0.2, 0) is 0 Å². The number of ether oxygens (including phenoxy) is 1. The second-order valence-corrected chi connectivity index (χ2v) is 10.8. The molecule has 3 saturated heterocycles. The minimum absolute atomic E-state index is 0.170. The molecule has 2 aromatic carbocycles. The first-order valence-corrected chi connectivity index (χ1v) is 13.6. The third kappa shape index (κ3) is 4.78. The Hall–Kier alpha value is -3.36. The summed E-state index contributed by atoms with van der Waals surface area (Å²) in [5.74, 6) is 0.244. The topological polar surface area (TPSA) is 66.4 Å². The normalized spacial score (nSPS) is 21.1. The maximum Gasteiger partial charge on any atom is 0.318 e. The maximum atomic E-state index is 16.0. The molecule has 1 N–H and O–H groups in total. The van der Waals surface area contributed by atoms with Gasteiger partial charge in [0.2, 0.25) is 0 Å². The zero-order valence-electron chi connectivity index (χ0n) is 22.4. The SMILES string of the molecule is CN1CCCC1.COc1nc(N2CC3CCC(C2)N3)c2cnc(-c3cccc4ccc(C)cc34)c(F)c2n1. The molecule has 2 atom stereocenters. The number of benzene rings is 2. The number of anilines is 1. The molecule has 0 aliphatic carbocycles. The summed E-state index contributed by atoms with van der Waals surface area (Å²) in [5, 5.41) is 6.26. The van der Waals surface area contributed by atoms with Gasteiger partial charge in [-0.15, -0.1) is 0 Å². The van der Waals surface area contributed by atoms with Crippen LogP contribution in [-0.4, -0.2) is 72.3 Å². The van der Waals surface area contributed by atoms with Crippen LogP contribution in [0.15, 0.2) is 42.6 Å². The Labute approximate surface area is 223 Å². The van der Waals surface area contributed by atoms with Gasteiger partial charge in [0.25, 0.3) is 0 Å². The van der Waals surface area contributed by atoms with E-state index in [0.717, 1.165) is 47.8 Å². The molecule has 198 valence electrons. The number of pyridine rings is 1. The predicted octanol–water partition coefficient (Wildman–Crippen LogP) is 4.95. The van der Waals surface area contributed by atoms with E-state index in [2.05, 4.69) is 55.3 Å². The predicted molar refractivity (Wildman–Crippen MR) is 150 cm³/mol. The monoisotopic (exact) mass is 514 g/mol. The van der Waals surface area contributed by atoms with Gasteiger partial charge >= 0.3 is 6.01 Å². The third-order valence-corrected chi connectivity index (χ3v) is 7.96. The fourth-order valence-electron chi connectivity index (χ4n) is 5.98. The highest BCUT2D eigenvalue weighted by Crippen LogP contribution is 2.36. The molecule has 7 rings (SSSR count). The molecule has 2 unspecified atom stereocenters. The van der Waals surface area contributed by atoms with Crippen molar-refractivity contribution in [3.63, 3.8) is 0 Å². The van der Waals surface area contributed by atoms with Crippen LogP contribution < -0.4 is 15.0 Å². The van der Waals surface area contributed by atoms with Crippen LogP contribution in [0.5, 0.6) is 6.01 Å². The Kier molecular flexibility index (Phi) is 6.84. The lowest BCUT2D eigenvalue weighted by molar-refractivity contribution is 0.380. The van der Waals surface area contributed by atoms with E-state index in [1.807, 2.05) is 25.1 Å². The van der Waals surface area contributed by atoms with E-state index in [0.29, 0.717) is 29.0 Å². The third-order valence-electron chi connectivity index (χ3n) is 7.96. The minimum atomic E-state index is -0.448. The van der Waals surface area contributed by atoms with Crippen molar-refractivity contribution in [2.75, 3.05) is 45.2 Å². The molecule has 0 amide bonds. The average Bonchev–Trinajstić information content (AvgIpc) is 3.55. The second kappa shape index (κ2) is 10.4. The number of nitrogens with zero attached hydrogens (tertiary/aromatic N) is 5. The summed E-state index contributed by atoms with van der Waals surface area (Å²) in [5.41, 5.74) is 2.41. The van der Waals surface area contributed by atoms with Gasteiger partial charge in [0.15, 0.2) is 5.82 Å². The van der Waals surface area contributed by atoms with E-state index in [9.17, 15) is 0 Å². The summed E-state index contributed by atoms with van der Waals surface area (Å²) in [6.07, 6.45) is 6.84. The van der Waals surface area contributed by atoms with Crippen LogP contribution in [0.3, 0.4) is 0 Å². The van der Waals surface area contributed by atoms with Gasteiger partial charge in [-0.05, 0) is 63.5 Å². The largest absolute Gasteiger partial charge is 0.467 e. The molecule has 5 heterocycles. The number of likely N-dealkylation sites (tertiary alicyclic amines) is 1. The molecule has 3 aliphatic heterocycles. The Morgan fingerprint density at radius 1 is 1.00 bits per heavy atom. The van der Waals surface area contributed by atoms with Gasteiger partial charge in [0.1, 0.15) is 17.0 Å². The molecule has 2 aromatic heterocycles. The van der Waals surface area contributed by atoms with Gasteiger partial charge in [-0.1, -0.05) is 42.0 Å². The number of nitrogens with one attached hydrogen (secondary N) is 1. The van der Waals surface area contributed by atoms with Gasteiger partial charge < -0.3 is 19.9 Å². The Balaban J connectivity index is 0.000000390. The molecule has 38 heavy (non-hydrogen) atoms. The number of aromatic nitrogens is 3. The molecular weight excluding hydrogens is 479 g/mol. The van der Waals surface area contributed by atoms with Gasteiger partial charge in [0, 0.05) is 36.9 Å². The van der Waals surface area contributed by atoms with Gasteiger partial charge in [-0.2, -0.15) is 9.97 Å². The summed E-state index contributed by atoms with van der Waals surface area (Å²) in [7, 11) is 3.69. The Morgan fingerprint density at radius 3 is 2.45 bits per heavy atom. The summed E-state index contributed by atoms with van der Waals surface area (Å²) in [6, 6.07) is 13.1. The van der Waals surface area contributed by atoms with E-state index in [-0.39, 0.29) is 11.5 Å². The molecule has 0 radical (unpaired) electrons. The summed E-state index contributed by atoms with van der Waals surface area (Å²) in [6.45, 7) is 6.33. The number of hydrogen-bond acceptors (Lipinski definition) is 7. The second-order valence-electron chi connectivity index (χ2n) is 10.8. The average molecular weight is 515 g/mol. The van der Waals surface area contributed by atoms with Crippen LogP contribution in [0.2, 0.25) is 0 Å². The molecule has 2 bridgehead atoms. The number of piperazine rings is 1. The number of rotatable bonds is 3. The minimum Gasteiger partial charge on any atom is -0.467 e. The number of aryl methyl sites for hydroxylation is 1. The summed E-state index contributed by atoms with van der Waals surface area (Å²) >= 11 is 0. The van der Waals surface area contributed by atoms with E-state index >= 15 is 4.39 Å². The van der Waals surface area contributed by atoms with Crippen LogP contribution in [0.1, 0.15) is 31.2 Å². The zero-order chi connectivity index (χ0) is 26.2. The van der Waals surface area contributed by atoms with E-state index in [4.69, 9.17) is 4.74 Å². The van der Waals surface area contributed by atoms with Crippen molar-refractivity contribution in [3.8, 4) is 17.3 Å². The fraction of sp³-hybridized carbons (Fsp3) is 0.433. The van der Waals surface area contributed by atoms with Gasteiger partial charge in [-0.25, -0.2) is 4.39 Å². The lowest BCUT2D eigenvalue weighted by Crippen LogP contribution is -2.51. The Morgan fingerprint density at radius 2 is 1.76 bits per heavy atom. The molecule has 4 aromatic rings. The first-order chi connectivity index (χ1) is 18.5. The number of halogens is 1. The molecule has 8 heteroatoms. The molecular formula is C30H35FN6O. The summed E-state index contributed by atoms with van der Waals surface area (Å²) < 4.78 is 21.3. The highest BCUT2D eigenvalue weighted by atomic mass is 19.1. The quantitative estimate of drug-likeness (QED) is 0.415. The lowest BCUT2D eigenvalue weighted by atomic mass is 9.99. The number of methoxy groups -OCH3 is 1. The molecule has 3 fully saturated rings. The highest BCUT2D eigenvalue weighted by Gasteiger charge is 2.34. The van der Waals surface area contributed by atoms with E-state index in [1.54, 1.807) is 6.20 Å². The van der Waals surface area contributed by atoms with Crippen molar-refractivity contribution in [1.29, 1.82) is 0 Å². The van der Waals surface area contributed by atoms with Crippen molar-refractivity contribution in [1.82, 2.24) is 25.2 Å². The van der Waals surface area contributed by atoms with Crippen molar-refractivity contribution in [2.24, 2.45) is 0 Å². The molecule has 7 nitrogen and oxygen atoms in total. The van der Waals surface area contributed by atoms with Gasteiger partial charge in [0.05, 0.1) is 12.5 Å². The molecule has 0 spiro atoms. The molecule has 0 saturated carbocycles. The first-order valence-electron chi connectivity index (χ1n) is 13.6. The number of hydrogen-bond donors (Lipinski definition) is 1. The van der Waals surface area contributed by atoms with Gasteiger partial charge in [-0.3, -0.25) is 4.98 Å². The van der Waals surface area contributed by atoms with Crippen LogP contribution in [0, 0.1) is 12.7 Å². The molecule has 3 aliphatic rings. The van der Waals surface area contributed by atoms with E-state index in [1.165, 1.54) is 33.0 Å². The lowest BCUT2D eigenvalue weighted by Gasteiger charge is -2.34. The van der Waals surface area contributed by atoms with Crippen LogP contribution in [0.25, 0.3) is 32.9 Å². The summed E-state index contributed by atoms with van der Waals surface area (Å²) in [4.78, 5) is 18.2. The first kappa shape index (κ1) is 24.9. The van der Waals surface area contributed by atoms with Crippen molar-refractivity contribution in [2.45, 2.75) is 44.7 Å². The number of fused-ring (bicyclic) bond motifs is 4. The van der Waals surface area contributed by atoms with Crippen molar-refractivity contribution in [3.05, 3.63) is 54.0 Å². The van der Waals surface area contributed by atoms with Crippen LogP contribution >= 0.6 is 0 Å². The van der Waals surface area contributed by atoms with Crippen molar-refractivity contribution >= 4 is 27.5 Å². The fourth-order valence-corrected chi connectivity index (χ4v) is 5.98. The smallest absolute Gasteiger partial charge is 0.318 e. The van der Waals surface area contributed by atoms with E-state index < -0.39 is 5.82 Å². The zero-order valence-corrected chi connectivity index (χ0v) is 22.4. The van der Waals surface area contributed by atoms with Crippen molar-refractivity contribution < 1.29 is 9.13 Å². The standard InChI is InChI=1S/C25H24FN5O.C5H11N/c1-14-6-7-15-4-3-5-18(19(15)10-14)22-21(26)23-20(11-27-22)24(30-25(29-23)32-2)31-12-16-8-9-17(13-31)28-16;1-6-4-2-3-5-6/h3-7,10-11,16-17,28H,8-9,12-13H2,1-2H3;2-5H2,1H3. The van der Waals surface area contributed by atoms with Crippen LogP contribution in [0.4, 0.5) is 10.2 Å². The highest BCUT2D eigenvalue weighted by molar-refractivity contribution is 5.99. The Bertz CT molecular complexity index is 1460.